The van der Waals surface area contributed by atoms with E-state index in [2.05, 4.69) is 13.5 Å². The van der Waals surface area contributed by atoms with Crippen molar-refractivity contribution in [2.45, 2.75) is 116 Å². The molecule has 6 heteroatoms. The van der Waals surface area contributed by atoms with Gasteiger partial charge in [0.1, 0.15) is 12.2 Å². The van der Waals surface area contributed by atoms with Crippen molar-refractivity contribution in [3.05, 3.63) is 12.2 Å². The number of hydrogen-bond acceptors (Lipinski definition) is 6. The Kier molecular flexibility index (Phi) is 10.2. The van der Waals surface area contributed by atoms with Crippen LogP contribution in [0, 0.1) is 17.8 Å². The Labute approximate surface area is 187 Å². The number of rotatable bonds is 2. The fourth-order valence-electron chi connectivity index (χ4n) is 4.89. The Morgan fingerprint density at radius 1 is 1.06 bits per heavy atom. The lowest BCUT2D eigenvalue weighted by molar-refractivity contribution is -0.155. The fraction of sp³-hybridized carbons (Fsp3) is 0.840. The van der Waals surface area contributed by atoms with Crippen LogP contribution in [0.3, 0.4) is 0 Å². The second-order valence-corrected chi connectivity index (χ2v) is 10.1. The largest absolute Gasteiger partial charge is 0.462 e. The van der Waals surface area contributed by atoms with Crippen LogP contribution in [0.5, 0.6) is 0 Å². The Hall–Kier alpha value is -1.24. The summed E-state index contributed by atoms with van der Waals surface area (Å²) in [7, 11) is 0. The molecule has 2 bridgehead atoms. The minimum Gasteiger partial charge on any atom is -0.462 e. The third kappa shape index (κ3) is 8.32. The Balaban J connectivity index is 2.11. The summed E-state index contributed by atoms with van der Waals surface area (Å²) in [4.78, 5) is 25.3. The van der Waals surface area contributed by atoms with E-state index in [9.17, 15) is 19.8 Å². The Morgan fingerprint density at radius 2 is 1.74 bits per heavy atom. The van der Waals surface area contributed by atoms with Crippen molar-refractivity contribution in [1.29, 1.82) is 0 Å². The van der Waals surface area contributed by atoms with Crippen molar-refractivity contribution in [2.75, 3.05) is 0 Å². The minimum atomic E-state index is -1.04. The second-order valence-electron chi connectivity index (χ2n) is 10.1. The van der Waals surface area contributed by atoms with Crippen molar-refractivity contribution in [1.82, 2.24) is 0 Å². The van der Waals surface area contributed by atoms with Gasteiger partial charge < -0.3 is 19.7 Å². The number of cyclic esters (lactones) is 1. The van der Waals surface area contributed by atoms with E-state index < -0.39 is 18.3 Å². The van der Waals surface area contributed by atoms with Crippen LogP contribution in [-0.4, -0.2) is 52.5 Å². The first kappa shape index (κ1) is 26.0. The lowest BCUT2D eigenvalue weighted by Gasteiger charge is -2.24. The first-order chi connectivity index (χ1) is 14.6. The highest BCUT2D eigenvalue weighted by Gasteiger charge is 2.35. The normalized spacial score (nSPS) is 38.3. The van der Waals surface area contributed by atoms with E-state index in [1.807, 2.05) is 6.92 Å². The van der Waals surface area contributed by atoms with Gasteiger partial charge in [-0.05, 0) is 38.5 Å². The first-order valence-corrected chi connectivity index (χ1v) is 12.0. The molecule has 0 radical (unpaired) electrons. The zero-order chi connectivity index (χ0) is 23.1. The molecular weight excluding hydrogens is 396 g/mol. The van der Waals surface area contributed by atoms with Crippen LogP contribution in [0.15, 0.2) is 12.2 Å². The van der Waals surface area contributed by atoms with Crippen LogP contribution >= 0.6 is 0 Å². The molecule has 0 unspecified atom stereocenters. The van der Waals surface area contributed by atoms with E-state index in [0.717, 1.165) is 37.7 Å². The van der Waals surface area contributed by atoms with E-state index in [0.29, 0.717) is 31.6 Å². The average molecular weight is 439 g/mol. The van der Waals surface area contributed by atoms with Crippen LogP contribution in [0.25, 0.3) is 0 Å². The molecule has 2 heterocycles. The molecule has 2 aliphatic heterocycles. The van der Waals surface area contributed by atoms with Gasteiger partial charge in [-0.25, -0.2) is 0 Å². The summed E-state index contributed by atoms with van der Waals surface area (Å²) in [5.74, 6) is -0.619. The Bertz CT molecular complexity index is 615. The van der Waals surface area contributed by atoms with Gasteiger partial charge in [-0.3, -0.25) is 9.59 Å². The van der Waals surface area contributed by atoms with E-state index in [1.54, 1.807) is 13.8 Å². The van der Waals surface area contributed by atoms with Crippen molar-refractivity contribution in [2.24, 2.45) is 17.8 Å². The van der Waals surface area contributed by atoms with E-state index in [4.69, 9.17) is 9.47 Å². The number of aliphatic hydroxyl groups is 2. The van der Waals surface area contributed by atoms with Gasteiger partial charge >= 0.3 is 5.97 Å². The highest BCUT2D eigenvalue weighted by atomic mass is 16.5. The summed E-state index contributed by atoms with van der Waals surface area (Å²) in [6, 6.07) is 0. The zero-order valence-electron chi connectivity index (χ0n) is 19.7. The molecule has 0 aromatic carbocycles. The van der Waals surface area contributed by atoms with Crippen molar-refractivity contribution < 1.29 is 29.3 Å². The highest BCUT2D eigenvalue weighted by molar-refractivity contribution is 5.85. The fourth-order valence-corrected chi connectivity index (χ4v) is 4.89. The SMILES string of the molecule is C=C1C[C@@H](C[C@H](C)O)OC(=O)[C@@H](C)CCCC[C@@H]2O[C@@H](C[C@@H](O)C(=O)[C@H](C)C1)C[C@@H]2C. The summed E-state index contributed by atoms with van der Waals surface area (Å²) in [5.41, 5.74) is 0.783. The molecule has 6 nitrogen and oxygen atoms in total. The Morgan fingerprint density at radius 3 is 2.42 bits per heavy atom. The predicted octanol–water partition coefficient (Wildman–Crippen LogP) is 3.97. The third-order valence-electron chi connectivity index (χ3n) is 6.71. The molecule has 0 aromatic heterocycles. The molecule has 2 rings (SSSR count). The van der Waals surface area contributed by atoms with E-state index in [-0.39, 0.29) is 35.8 Å². The first-order valence-electron chi connectivity index (χ1n) is 12.0. The summed E-state index contributed by atoms with van der Waals surface area (Å²) in [6.07, 6.45) is 3.88. The molecule has 0 saturated carbocycles. The average Bonchev–Trinajstić information content (AvgIpc) is 3.01. The number of ketones is 1. The molecule has 2 saturated heterocycles. The number of carbonyl (C=O) groups excluding carboxylic acids is 2. The van der Waals surface area contributed by atoms with Gasteiger partial charge in [0.05, 0.1) is 24.2 Å². The monoisotopic (exact) mass is 438 g/mol. The molecule has 2 aliphatic rings. The number of Topliss-reactive ketones (excluding diaryl/α,β-unsaturated/α-hetero) is 1. The van der Waals surface area contributed by atoms with Crippen LogP contribution in [-0.2, 0) is 19.1 Å². The molecule has 8 atom stereocenters. The van der Waals surface area contributed by atoms with Crippen molar-refractivity contribution >= 4 is 11.8 Å². The van der Waals surface area contributed by atoms with Crippen LogP contribution in [0.1, 0.15) is 85.5 Å². The lowest BCUT2D eigenvalue weighted by Crippen LogP contribution is -2.31. The molecule has 31 heavy (non-hydrogen) atoms. The predicted molar refractivity (Wildman–Crippen MR) is 119 cm³/mol. The van der Waals surface area contributed by atoms with Crippen molar-refractivity contribution in [3.8, 4) is 0 Å². The van der Waals surface area contributed by atoms with Gasteiger partial charge in [-0.1, -0.05) is 45.8 Å². The van der Waals surface area contributed by atoms with Crippen molar-refractivity contribution in [3.63, 3.8) is 0 Å². The van der Waals surface area contributed by atoms with Gasteiger partial charge in [-0.15, -0.1) is 0 Å². The maximum absolute atomic E-state index is 12.7. The smallest absolute Gasteiger partial charge is 0.308 e. The molecular formula is C25H42O6. The second kappa shape index (κ2) is 12.1. The molecule has 0 amide bonds. The summed E-state index contributed by atoms with van der Waals surface area (Å²) in [6.45, 7) is 11.6. The maximum atomic E-state index is 12.7. The molecule has 0 aliphatic carbocycles. The summed E-state index contributed by atoms with van der Waals surface area (Å²) in [5, 5.41) is 20.3. The van der Waals surface area contributed by atoms with E-state index >= 15 is 0 Å². The molecule has 0 spiro atoms. The molecule has 0 aromatic rings. The third-order valence-corrected chi connectivity index (χ3v) is 6.71. The van der Waals surface area contributed by atoms with E-state index in [1.165, 1.54) is 0 Å². The van der Waals surface area contributed by atoms with Gasteiger partial charge in [0, 0.05) is 25.2 Å². The molecule has 2 fully saturated rings. The van der Waals surface area contributed by atoms with Gasteiger partial charge in [-0.2, -0.15) is 0 Å². The van der Waals surface area contributed by atoms with Gasteiger partial charge in [0.2, 0.25) is 0 Å². The van der Waals surface area contributed by atoms with Crippen LogP contribution < -0.4 is 0 Å². The number of hydrogen-bond donors (Lipinski definition) is 2. The maximum Gasteiger partial charge on any atom is 0.308 e. The molecule has 2 N–H and O–H groups in total. The number of fused-ring (bicyclic) bond motifs is 2. The highest BCUT2D eigenvalue weighted by Crippen LogP contribution is 2.33. The van der Waals surface area contributed by atoms with Gasteiger partial charge in [0.25, 0.3) is 0 Å². The summed E-state index contributed by atoms with van der Waals surface area (Å²) < 4.78 is 11.9. The van der Waals surface area contributed by atoms with Crippen LogP contribution in [0.2, 0.25) is 0 Å². The topological polar surface area (TPSA) is 93.1 Å². The van der Waals surface area contributed by atoms with Gasteiger partial charge in [0.15, 0.2) is 5.78 Å². The minimum absolute atomic E-state index is 0.0856. The quantitative estimate of drug-likeness (QED) is 0.501. The number of ether oxygens (including phenoxy) is 2. The molecule has 178 valence electrons. The number of carbonyl (C=O) groups is 2. The van der Waals surface area contributed by atoms with Crippen LogP contribution in [0.4, 0.5) is 0 Å². The standard InChI is InChI=1S/C25H42O6/c1-15-10-18(4)24(28)22(27)14-21-12-17(3)23(30-21)9-7-6-8-16(2)25(29)31-20(11-15)13-19(5)26/h16-23,26-27H,1,6-14H2,2-5H3/t16-,17-,18+,19-,20-,21+,22+,23-/m0/s1. The number of aliphatic hydroxyl groups excluding tert-OH is 2. The summed E-state index contributed by atoms with van der Waals surface area (Å²) >= 11 is 0. The lowest BCUT2D eigenvalue weighted by atomic mass is 9.89. The zero-order valence-corrected chi connectivity index (χ0v) is 19.7. The number of esters is 1.